The number of unbranched alkanes of at least 4 members (excludes halogenated alkanes) is 9. The van der Waals surface area contributed by atoms with Crippen LogP contribution in [0.4, 0.5) is 0 Å². The first kappa shape index (κ1) is 15.9. The zero-order chi connectivity index (χ0) is 11.9. The van der Waals surface area contributed by atoms with Gasteiger partial charge in [0.1, 0.15) is 0 Å². The molecule has 0 heterocycles. The Kier molecular flexibility index (Phi) is 14.8. The van der Waals surface area contributed by atoms with Gasteiger partial charge in [0.2, 0.25) is 0 Å². The van der Waals surface area contributed by atoms with E-state index >= 15 is 0 Å². The van der Waals surface area contributed by atoms with E-state index in [0.717, 1.165) is 6.54 Å². The van der Waals surface area contributed by atoms with Crippen LogP contribution in [-0.4, -0.2) is 20.4 Å². The molecule has 1 N–H and O–H groups in total. The third-order valence-corrected chi connectivity index (χ3v) is 2.95. The molecule has 0 radical (unpaired) electrons. The lowest BCUT2D eigenvalue weighted by atomic mass is 10.1. The minimum Gasteiger partial charge on any atom is -0.370 e. The van der Waals surface area contributed by atoms with E-state index in [1.54, 1.807) is 7.11 Å². The highest BCUT2D eigenvalue weighted by Crippen LogP contribution is 2.10. The van der Waals surface area contributed by atoms with Crippen molar-refractivity contribution in [2.75, 3.05) is 20.4 Å². The Morgan fingerprint density at radius 3 is 1.75 bits per heavy atom. The molecule has 0 saturated carbocycles. The third-order valence-electron chi connectivity index (χ3n) is 2.95. The van der Waals surface area contributed by atoms with Crippen molar-refractivity contribution in [2.24, 2.45) is 0 Å². The van der Waals surface area contributed by atoms with Crippen molar-refractivity contribution >= 4 is 0 Å². The van der Waals surface area contributed by atoms with Gasteiger partial charge in [0.25, 0.3) is 0 Å². The van der Waals surface area contributed by atoms with Crippen molar-refractivity contribution in [3.05, 3.63) is 0 Å². The van der Waals surface area contributed by atoms with Gasteiger partial charge >= 0.3 is 0 Å². The first-order chi connectivity index (χ1) is 7.91. The Balaban J connectivity index is 2.83. The molecule has 0 aromatic rings. The van der Waals surface area contributed by atoms with Gasteiger partial charge in [-0.25, -0.2) is 0 Å². The Bertz CT molecular complexity index is 103. The van der Waals surface area contributed by atoms with Gasteiger partial charge in [-0.1, -0.05) is 64.7 Å². The van der Waals surface area contributed by atoms with E-state index in [4.69, 9.17) is 4.74 Å². The van der Waals surface area contributed by atoms with Crippen molar-refractivity contribution in [3.63, 3.8) is 0 Å². The predicted octanol–water partition coefficient (Wildman–Crippen LogP) is 4.10. The summed E-state index contributed by atoms with van der Waals surface area (Å²) in [6.07, 6.45) is 14.0. The van der Waals surface area contributed by atoms with Crippen LogP contribution in [0.3, 0.4) is 0 Å². The van der Waals surface area contributed by atoms with Crippen LogP contribution in [-0.2, 0) is 4.74 Å². The zero-order valence-electron chi connectivity index (χ0n) is 11.4. The molecular weight excluding hydrogens is 198 g/mol. The smallest absolute Gasteiger partial charge is 0.0961 e. The SMILES string of the molecule is CCCCCCCCCCCCNCOC. The van der Waals surface area contributed by atoms with Gasteiger partial charge in [0.15, 0.2) is 0 Å². The van der Waals surface area contributed by atoms with E-state index in [2.05, 4.69) is 12.2 Å². The van der Waals surface area contributed by atoms with Crippen molar-refractivity contribution < 1.29 is 4.74 Å². The summed E-state index contributed by atoms with van der Waals surface area (Å²) in [6.45, 7) is 4.07. The molecule has 98 valence electrons. The summed E-state index contributed by atoms with van der Waals surface area (Å²) in [7, 11) is 1.73. The number of hydrogen-bond acceptors (Lipinski definition) is 2. The molecule has 0 aromatic heterocycles. The number of ether oxygens (including phenoxy) is 1. The average Bonchev–Trinajstić information content (AvgIpc) is 2.31. The van der Waals surface area contributed by atoms with Crippen molar-refractivity contribution in [3.8, 4) is 0 Å². The van der Waals surface area contributed by atoms with Crippen LogP contribution in [0.2, 0.25) is 0 Å². The fourth-order valence-corrected chi connectivity index (χ4v) is 1.91. The Morgan fingerprint density at radius 2 is 1.25 bits per heavy atom. The predicted molar refractivity (Wildman–Crippen MR) is 71.7 cm³/mol. The summed E-state index contributed by atoms with van der Waals surface area (Å²) in [6, 6.07) is 0. The second-order valence-corrected chi connectivity index (χ2v) is 4.61. The third kappa shape index (κ3) is 13.9. The van der Waals surface area contributed by atoms with Crippen LogP contribution in [0.1, 0.15) is 71.1 Å². The number of methoxy groups -OCH3 is 1. The molecule has 0 aliphatic carbocycles. The van der Waals surface area contributed by atoms with Gasteiger partial charge in [0, 0.05) is 7.11 Å². The standard InChI is InChI=1S/C14H31NO/c1-3-4-5-6-7-8-9-10-11-12-13-15-14-16-2/h15H,3-14H2,1-2H3. The summed E-state index contributed by atoms with van der Waals surface area (Å²) in [5.74, 6) is 0. The Labute approximate surface area is 102 Å². The maximum absolute atomic E-state index is 4.92. The number of nitrogens with one attached hydrogen (secondary N) is 1. The topological polar surface area (TPSA) is 21.3 Å². The molecule has 0 amide bonds. The van der Waals surface area contributed by atoms with Crippen LogP contribution in [0.25, 0.3) is 0 Å². The molecule has 0 unspecified atom stereocenters. The van der Waals surface area contributed by atoms with Crippen LogP contribution in [0.15, 0.2) is 0 Å². The monoisotopic (exact) mass is 229 g/mol. The molecule has 0 rings (SSSR count). The summed E-state index contributed by atoms with van der Waals surface area (Å²) in [5.41, 5.74) is 0. The average molecular weight is 229 g/mol. The quantitative estimate of drug-likeness (QED) is 0.379. The second kappa shape index (κ2) is 14.9. The van der Waals surface area contributed by atoms with E-state index in [9.17, 15) is 0 Å². The van der Waals surface area contributed by atoms with E-state index in [-0.39, 0.29) is 0 Å². The van der Waals surface area contributed by atoms with Crippen molar-refractivity contribution in [1.82, 2.24) is 5.32 Å². The molecule has 2 heteroatoms. The lowest BCUT2D eigenvalue weighted by molar-refractivity contribution is 0.175. The summed E-state index contributed by atoms with van der Waals surface area (Å²) in [5, 5.41) is 3.24. The van der Waals surface area contributed by atoms with Gasteiger partial charge in [-0.3, -0.25) is 5.32 Å². The molecular formula is C14H31NO. The molecule has 0 saturated heterocycles. The van der Waals surface area contributed by atoms with E-state index in [1.807, 2.05) is 0 Å². The molecule has 0 aliphatic heterocycles. The minimum atomic E-state index is 0.692. The molecule has 0 spiro atoms. The highest BCUT2D eigenvalue weighted by atomic mass is 16.5. The Hall–Kier alpha value is -0.0800. The summed E-state index contributed by atoms with van der Waals surface area (Å²) in [4.78, 5) is 0. The zero-order valence-corrected chi connectivity index (χ0v) is 11.4. The van der Waals surface area contributed by atoms with Gasteiger partial charge in [0.05, 0.1) is 6.73 Å². The first-order valence-corrected chi connectivity index (χ1v) is 7.11. The molecule has 16 heavy (non-hydrogen) atoms. The van der Waals surface area contributed by atoms with Crippen LogP contribution >= 0.6 is 0 Å². The molecule has 0 bridgehead atoms. The summed E-state index contributed by atoms with van der Waals surface area (Å²) < 4.78 is 4.92. The summed E-state index contributed by atoms with van der Waals surface area (Å²) >= 11 is 0. The van der Waals surface area contributed by atoms with Crippen LogP contribution < -0.4 is 5.32 Å². The second-order valence-electron chi connectivity index (χ2n) is 4.61. The van der Waals surface area contributed by atoms with E-state index in [0.29, 0.717) is 6.73 Å². The van der Waals surface area contributed by atoms with Crippen molar-refractivity contribution in [1.29, 1.82) is 0 Å². The highest BCUT2D eigenvalue weighted by molar-refractivity contribution is 4.48. The largest absolute Gasteiger partial charge is 0.370 e. The normalized spacial score (nSPS) is 10.9. The number of hydrogen-bond donors (Lipinski definition) is 1. The lowest BCUT2D eigenvalue weighted by Crippen LogP contribution is -2.17. The maximum atomic E-state index is 4.92. The minimum absolute atomic E-state index is 0.692. The molecule has 2 nitrogen and oxygen atoms in total. The van der Waals surface area contributed by atoms with E-state index in [1.165, 1.54) is 64.2 Å². The van der Waals surface area contributed by atoms with Crippen LogP contribution in [0.5, 0.6) is 0 Å². The van der Waals surface area contributed by atoms with Crippen LogP contribution in [0, 0.1) is 0 Å². The maximum Gasteiger partial charge on any atom is 0.0961 e. The van der Waals surface area contributed by atoms with E-state index < -0.39 is 0 Å². The Morgan fingerprint density at radius 1 is 0.750 bits per heavy atom. The first-order valence-electron chi connectivity index (χ1n) is 7.11. The fraction of sp³-hybridized carbons (Fsp3) is 1.00. The molecule has 0 fully saturated rings. The van der Waals surface area contributed by atoms with Gasteiger partial charge in [-0.15, -0.1) is 0 Å². The molecule has 0 aliphatic rings. The number of rotatable bonds is 13. The van der Waals surface area contributed by atoms with Gasteiger partial charge < -0.3 is 4.74 Å². The van der Waals surface area contributed by atoms with Gasteiger partial charge in [-0.05, 0) is 13.0 Å². The van der Waals surface area contributed by atoms with Crippen molar-refractivity contribution in [2.45, 2.75) is 71.1 Å². The molecule has 0 atom stereocenters. The highest BCUT2D eigenvalue weighted by Gasteiger charge is 1.92. The lowest BCUT2D eigenvalue weighted by Gasteiger charge is -2.03. The fourth-order valence-electron chi connectivity index (χ4n) is 1.91. The molecule has 0 aromatic carbocycles. The van der Waals surface area contributed by atoms with Gasteiger partial charge in [-0.2, -0.15) is 0 Å².